The van der Waals surface area contributed by atoms with E-state index in [4.69, 9.17) is 0 Å². The number of nitrogens with one attached hydrogen (secondary N) is 1. The number of carbonyl (C=O) groups is 1. The second-order valence-corrected chi connectivity index (χ2v) is 17.2. The molecule has 57 heavy (non-hydrogen) atoms. The fourth-order valence-electron chi connectivity index (χ4n) is 7.62. The lowest BCUT2D eigenvalue weighted by molar-refractivity contribution is -0.123. The lowest BCUT2D eigenvalue weighted by atomic mass is 10.0. The number of aliphatic hydroxyl groups excluding tert-OH is 2. The van der Waals surface area contributed by atoms with E-state index in [0.29, 0.717) is 6.42 Å². The van der Waals surface area contributed by atoms with Crippen molar-refractivity contribution in [3.63, 3.8) is 0 Å². The minimum atomic E-state index is -0.874. The molecule has 2 unspecified atom stereocenters. The van der Waals surface area contributed by atoms with Crippen molar-refractivity contribution < 1.29 is 15.0 Å². The van der Waals surface area contributed by atoms with E-state index in [2.05, 4.69) is 55.6 Å². The van der Waals surface area contributed by atoms with Gasteiger partial charge in [-0.2, -0.15) is 0 Å². The number of rotatable bonds is 46. The van der Waals surface area contributed by atoms with Gasteiger partial charge in [-0.3, -0.25) is 4.79 Å². The van der Waals surface area contributed by atoms with Crippen molar-refractivity contribution >= 4 is 5.91 Å². The SMILES string of the molecule is CCCCC/C=C\CCCCCCCC(=O)NC(CO)C(O)/C=C/CC/C=C/CC/C=C/CCCCCCCCCCCCCCCCCCCCCCCCC. The molecular weight excluding hydrogens is 699 g/mol. The molecule has 0 radical (unpaired) electrons. The number of unbranched alkanes of at least 4 members (excludes halogenated alkanes) is 33. The first-order chi connectivity index (χ1) is 28.2. The number of amides is 1. The molecule has 0 aromatic rings. The predicted molar refractivity (Wildman–Crippen MR) is 253 cm³/mol. The Morgan fingerprint density at radius 1 is 0.404 bits per heavy atom. The van der Waals surface area contributed by atoms with Gasteiger partial charge >= 0.3 is 0 Å². The van der Waals surface area contributed by atoms with E-state index in [1.807, 2.05) is 6.08 Å². The Morgan fingerprint density at radius 2 is 0.684 bits per heavy atom. The van der Waals surface area contributed by atoms with Crippen molar-refractivity contribution in [2.45, 2.75) is 276 Å². The highest BCUT2D eigenvalue weighted by Gasteiger charge is 2.17. The molecule has 0 bridgehead atoms. The molecule has 0 heterocycles. The topological polar surface area (TPSA) is 69.6 Å². The van der Waals surface area contributed by atoms with Gasteiger partial charge in [0.25, 0.3) is 0 Å². The van der Waals surface area contributed by atoms with Crippen LogP contribution in [0.25, 0.3) is 0 Å². The van der Waals surface area contributed by atoms with Crippen LogP contribution in [0, 0.1) is 0 Å². The summed E-state index contributed by atoms with van der Waals surface area (Å²) in [5.41, 5.74) is 0. The third-order valence-corrected chi connectivity index (χ3v) is 11.5. The van der Waals surface area contributed by atoms with Gasteiger partial charge in [0, 0.05) is 6.42 Å². The van der Waals surface area contributed by atoms with Crippen LogP contribution in [0.1, 0.15) is 264 Å². The van der Waals surface area contributed by atoms with E-state index in [-0.39, 0.29) is 12.5 Å². The van der Waals surface area contributed by atoms with Crippen LogP contribution >= 0.6 is 0 Å². The summed E-state index contributed by atoms with van der Waals surface area (Å²) in [5, 5.41) is 23.0. The molecular formula is C53H99NO3. The maximum atomic E-state index is 12.3. The summed E-state index contributed by atoms with van der Waals surface area (Å²) < 4.78 is 0. The van der Waals surface area contributed by atoms with Gasteiger partial charge in [-0.15, -0.1) is 0 Å². The smallest absolute Gasteiger partial charge is 0.220 e. The fraction of sp³-hybridized carbons (Fsp3) is 0.830. The number of hydrogen-bond donors (Lipinski definition) is 3. The first-order valence-electron chi connectivity index (χ1n) is 25.4. The zero-order chi connectivity index (χ0) is 41.4. The third kappa shape index (κ3) is 45.3. The van der Waals surface area contributed by atoms with Crippen LogP contribution in [0.4, 0.5) is 0 Å². The highest BCUT2D eigenvalue weighted by atomic mass is 16.3. The number of carbonyl (C=O) groups excluding carboxylic acids is 1. The summed E-state index contributed by atoms with van der Waals surface area (Å²) >= 11 is 0. The van der Waals surface area contributed by atoms with Crippen molar-refractivity contribution in [3.8, 4) is 0 Å². The first kappa shape index (κ1) is 55.4. The molecule has 0 saturated carbocycles. The van der Waals surface area contributed by atoms with Crippen molar-refractivity contribution in [1.29, 1.82) is 0 Å². The van der Waals surface area contributed by atoms with Crippen molar-refractivity contribution in [2.75, 3.05) is 6.61 Å². The molecule has 0 aromatic carbocycles. The van der Waals surface area contributed by atoms with Gasteiger partial charge in [-0.05, 0) is 70.6 Å². The van der Waals surface area contributed by atoms with Gasteiger partial charge in [0.2, 0.25) is 5.91 Å². The molecule has 0 aliphatic rings. The minimum absolute atomic E-state index is 0.0883. The van der Waals surface area contributed by atoms with E-state index >= 15 is 0 Å². The molecule has 0 aromatic heterocycles. The first-order valence-corrected chi connectivity index (χ1v) is 25.4. The Balaban J connectivity index is 3.52. The molecule has 4 heteroatoms. The number of hydrogen-bond acceptors (Lipinski definition) is 3. The largest absolute Gasteiger partial charge is 0.394 e. The van der Waals surface area contributed by atoms with Crippen LogP contribution in [0.2, 0.25) is 0 Å². The predicted octanol–water partition coefficient (Wildman–Crippen LogP) is 16.3. The second kappa shape index (κ2) is 48.7. The lowest BCUT2D eigenvalue weighted by Gasteiger charge is -2.19. The van der Waals surface area contributed by atoms with Crippen LogP contribution in [0.15, 0.2) is 48.6 Å². The Labute approximate surface area is 356 Å². The van der Waals surface area contributed by atoms with Crippen LogP contribution in [-0.2, 0) is 4.79 Å². The highest BCUT2D eigenvalue weighted by Crippen LogP contribution is 2.16. The van der Waals surface area contributed by atoms with Gasteiger partial charge in [0.1, 0.15) is 0 Å². The zero-order valence-electron chi connectivity index (χ0n) is 38.4. The van der Waals surface area contributed by atoms with Gasteiger partial charge in [-0.1, -0.05) is 236 Å². The molecule has 334 valence electrons. The Hall–Kier alpha value is -1.65. The Bertz CT molecular complexity index is 908. The van der Waals surface area contributed by atoms with E-state index < -0.39 is 12.1 Å². The van der Waals surface area contributed by atoms with Gasteiger partial charge < -0.3 is 15.5 Å². The summed E-state index contributed by atoms with van der Waals surface area (Å²) in [6.45, 7) is 4.27. The second-order valence-electron chi connectivity index (χ2n) is 17.2. The lowest BCUT2D eigenvalue weighted by Crippen LogP contribution is -2.45. The van der Waals surface area contributed by atoms with Crippen LogP contribution in [0.3, 0.4) is 0 Å². The van der Waals surface area contributed by atoms with Crippen molar-refractivity contribution in [3.05, 3.63) is 48.6 Å². The van der Waals surface area contributed by atoms with E-state index in [0.717, 1.165) is 51.4 Å². The Kier molecular flexibility index (Phi) is 47.3. The average Bonchev–Trinajstić information content (AvgIpc) is 3.22. The maximum Gasteiger partial charge on any atom is 0.220 e. The van der Waals surface area contributed by atoms with Crippen LogP contribution in [0.5, 0.6) is 0 Å². The van der Waals surface area contributed by atoms with Crippen LogP contribution in [-0.4, -0.2) is 34.9 Å². The third-order valence-electron chi connectivity index (χ3n) is 11.5. The van der Waals surface area contributed by atoms with Gasteiger partial charge in [-0.25, -0.2) is 0 Å². The molecule has 0 fully saturated rings. The van der Waals surface area contributed by atoms with Crippen molar-refractivity contribution in [1.82, 2.24) is 5.32 Å². The molecule has 0 rings (SSSR count). The summed E-state index contributed by atoms with van der Waals surface area (Å²) in [6.07, 6.45) is 67.0. The molecule has 4 nitrogen and oxygen atoms in total. The molecule has 0 spiro atoms. The van der Waals surface area contributed by atoms with Crippen LogP contribution < -0.4 is 5.32 Å². The summed E-state index contributed by atoms with van der Waals surface area (Å²) in [5.74, 6) is -0.0883. The summed E-state index contributed by atoms with van der Waals surface area (Å²) in [6, 6.07) is -0.650. The fourth-order valence-corrected chi connectivity index (χ4v) is 7.62. The zero-order valence-corrected chi connectivity index (χ0v) is 38.4. The summed E-state index contributed by atoms with van der Waals surface area (Å²) in [7, 11) is 0. The molecule has 0 aliphatic carbocycles. The maximum absolute atomic E-state index is 12.3. The normalized spacial score (nSPS) is 13.3. The van der Waals surface area contributed by atoms with Gasteiger partial charge in [0.05, 0.1) is 18.8 Å². The highest BCUT2D eigenvalue weighted by molar-refractivity contribution is 5.76. The standard InChI is InChI=1S/C53H99NO3/c1-3-5-7-9-11-13-15-17-18-19-20-21-22-23-24-25-26-27-28-29-30-31-32-33-34-35-36-37-38-40-42-44-46-48-52(56)51(50-55)54-53(57)49-47-45-43-41-39-16-14-12-10-8-6-4-2/h12,14,34-35,38,40,46,48,51-52,55-56H,3-11,13,15-33,36-37,39,41-45,47,49-50H2,1-2H3,(H,54,57)/b14-12-,35-34+,40-38+,48-46+. The van der Waals surface area contributed by atoms with E-state index in [9.17, 15) is 15.0 Å². The van der Waals surface area contributed by atoms with Gasteiger partial charge in [0.15, 0.2) is 0 Å². The van der Waals surface area contributed by atoms with E-state index in [1.54, 1.807) is 6.08 Å². The monoisotopic (exact) mass is 798 g/mol. The van der Waals surface area contributed by atoms with E-state index in [1.165, 1.54) is 193 Å². The van der Waals surface area contributed by atoms with Crippen molar-refractivity contribution in [2.24, 2.45) is 0 Å². The number of aliphatic hydroxyl groups is 2. The average molecular weight is 798 g/mol. The molecule has 2 atom stereocenters. The molecule has 1 amide bonds. The summed E-state index contributed by atoms with van der Waals surface area (Å²) in [4.78, 5) is 12.3. The Morgan fingerprint density at radius 3 is 1.05 bits per heavy atom. The molecule has 3 N–H and O–H groups in total. The minimum Gasteiger partial charge on any atom is -0.394 e. The molecule has 0 saturated heterocycles. The number of allylic oxidation sites excluding steroid dienone is 7. The quantitative estimate of drug-likeness (QED) is 0.0424. The molecule has 0 aliphatic heterocycles.